The van der Waals surface area contributed by atoms with E-state index in [1.807, 2.05) is 10.9 Å². The largest absolute Gasteiger partial charge is 0.497 e. The number of anilines is 2. The Kier molecular flexibility index (Phi) is 8.31. The van der Waals surface area contributed by atoms with E-state index in [1.165, 1.54) is 26.5 Å². The van der Waals surface area contributed by atoms with Crippen LogP contribution < -0.4 is 31.2 Å². The first kappa shape index (κ1) is 25.6. The van der Waals surface area contributed by atoms with Crippen LogP contribution in [0, 0.1) is 5.82 Å². The van der Waals surface area contributed by atoms with Crippen LogP contribution in [0.5, 0.6) is 11.5 Å². The van der Waals surface area contributed by atoms with E-state index in [2.05, 4.69) is 15.4 Å². The van der Waals surface area contributed by atoms with Crippen LogP contribution in [0.4, 0.5) is 15.9 Å². The highest BCUT2D eigenvalue weighted by Crippen LogP contribution is 2.36. The van der Waals surface area contributed by atoms with Crippen molar-refractivity contribution in [2.24, 2.45) is 11.5 Å². The Morgan fingerprint density at radius 3 is 2.78 bits per heavy atom. The Balaban J connectivity index is 1.74. The highest BCUT2D eigenvalue weighted by molar-refractivity contribution is 5.77. The molecule has 3 heterocycles. The van der Waals surface area contributed by atoms with Crippen molar-refractivity contribution in [1.82, 2.24) is 30.0 Å². The Labute approximate surface area is 213 Å². The summed E-state index contributed by atoms with van der Waals surface area (Å²) >= 11 is 0. The summed E-state index contributed by atoms with van der Waals surface area (Å²) in [4.78, 5) is 15.7. The van der Waals surface area contributed by atoms with E-state index in [1.54, 1.807) is 41.7 Å². The molecule has 0 saturated heterocycles. The maximum Gasteiger partial charge on any atom is 0.188 e. The molecule has 0 spiro atoms. The molecule has 4 rings (SSSR count). The van der Waals surface area contributed by atoms with Gasteiger partial charge in [-0.3, -0.25) is 9.67 Å². The van der Waals surface area contributed by atoms with Crippen molar-refractivity contribution < 1.29 is 13.9 Å². The third-order valence-electron chi connectivity index (χ3n) is 5.62. The number of hydrogen-bond donors (Lipinski definition) is 3. The summed E-state index contributed by atoms with van der Waals surface area (Å²) in [6.07, 6.45) is 9.14. The van der Waals surface area contributed by atoms with Gasteiger partial charge in [0, 0.05) is 55.9 Å². The summed E-state index contributed by atoms with van der Waals surface area (Å²) in [5.41, 5.74) is 13.7. The van der Waals surface area contributed by atoms with Gasteiger partial charge in [0.05, 0.1) is 38.0 Å². The van der Waals surface area contributed by atoms with E-state index in [0.29, 0.717) is 48.1 Å². The lowest BCUT2D eigenvalue weighted by molar-refractivity contribution is 0.374. The number of benzene rings is 1. The van der Waals surface area contributed by atoms with Gasteiger partial charge in [-0.15, -0.1) is 0 Å². The fourth-order valence-corrected chi connectivity index (χ4v) is 3.76. The number of hydrogen-bond acceptors (Lipinski definition) is 10. The highest BCUT2D eigenvalue weighted by atomic mass is 19.1. The number of nitrogens with zero attached hydrogens (tertiary/aromatic N) is 6. The van der Waals surface area contributed by atoms with Gasteiger partial charge >= 0.3 is 0 Å². The second-order valence-corrected chi connectivity index (χ2v) is 8.03. The van der Waals surface area contributed by atoms with Gasteiger partial charge in [0.2, 0.25) is 0 Å². The van der Waals surface area contributed by atoms with Gasteiger partial charge in [-0.25, -0.2) is 14.4 Å². The van der Waals surface area contributed by atoms with Crippen LogP contribution in [0.3, 0.4) is 0 Å². The molecule has 4 aromatic rings. The predicted octanol–water partition coefficient (Wildman–Crippen LogP) is 2.55. The van der Waals surface area contributed by atoms with Crippen molar-refractivity contribution >= 4 is 22.7 Å². The quantitative estimate of drug-likeness (QED) is 0.245. The maximum atomic E-state index is 15.4. The summed E-state index contributed by atoms with van der Waals surface area (Å²) in [5.74, 6) is 0.445. The van der Waals surface area contributed by atoms with E-state index in [4.69, 9.17) is 30.9 Å². The fourth-order valence-electron chi connectivity index (χ4n) is 3.76. The van der Waals surface area contributed by atoms with Gasteiger partial charge in [0.15, 0.2) is 17.2 Å². The number of nitrogens with two attached hydrogens (primary N) is 2. The zero-order chi connectivity index (χ0) is 26.2. The fraction of sp³-hybridized carbons (Fsp3) is 0.280. The number of rotatable bonds is 12. The van der Waals surface area contributed by atoms with Crippen LogP contribution in [-0.2, 0) is 6.54 Å². The Morgan fingerprint density at radius 1 is 1.16 bits per heavy atom. The molecule has 0 aliphatic carbocycles. The average Bonchev–Trinajstić information content (AvgIpc) is 3.41. The Bertz CT molecular complexity index is 1380. The molecule has 0 fully saturated rings. The SMILES string of the molecule is COc1cc(OC)c(F)c(N(CCN/C=C\N)c2ccc3ncc(-c4cnn(CCCN)c4)nc3n2)c1. The van der Waals surface area contributed by atoms with Crippen LogP contribution >= 0.6 is 0 Å². The smallest absolute Gasteiger partial charge is 0.188 e. The van der Waals surface area contributed by atoms with E-state index in [9.17, 15) is 0 Å². The maximum absolute atomic E-state index is 15.4. The number of aromatic nitrogens is 5. The minimum atomic E-state index is -0.538. The molecule has 37 heavy (non-hydrogen) atoms. The second kappa shape index (κ2) is 12.0. The Morgan fingerprint density at radius 2 is 2.03 bits per heavy atom. The van der Waals surface area contributed by atoms with Crippen molar-refractivity contribution in [3.8, 4) is 22.8 Å². The molecule has 194 valence electrons. The minimum absolute atomic E-state index is 0.0590. The van der Waals surface area contributed by atoms with E-state index < -0.39 is 5.82 Å². The number of ether oxygens (including phenoxy) is 2. The van der Waals surface area contributed by atoms with Crippen LogP contribution in [0.15, 0.2) is 55.3 Å². The molecule has 12 heteroatoms. The van der Waals surface area contributed by atoms with Gasteiger partial charge in [-0.05, 0) is 25.1 Å². The molecule has 0 aliphatic heterocycles. The van der Waals surface area contributed by atoms with E-state index >= 15 is 4.39 Å². The summed E-state index contributed by atoms with van der Waals surface area (Å²) in [6.45, 7) is 2.13. The molecular weight excluding hydrogens is 477 g/mol. The number of fused-ring (bicyclic) bond motifs is 1. The average molecular weight is 508 g/mol. The molecule has 11 nitrogen and oxygen atoms in total. The topological polar surface area (TPSA) is 142 Å². The van der Waals surface area contributed by atoms with Crippen LogP contribution in [0.2, 0.25) is 0 Å². The molecule has 0 bridgehead atoms. The molecule has 1 aromatic carbocycles. The molecule has 0 unspecified atom stereocenters. The van der Waals surface area contributed by atoms with Gasteiger partial charge in [0.1, 0.15) is 17.1 Å². The zero-order valence-electron chi connectivity index (χ0n) is 20.8. The third kappa shape index (κ3) is 5.86. The first-order valence-corrected chi connectivity index (χ1v) is 11.7. The molecule has 5 N–H and O–H groups in total. The highest BCUT2D eigenvalue weighted by Gasteiger charge is 2.21. The lowest BCUT2D eigenvalue weighted by Gasteiger charge is -2.25. The van der Waals surface area contributed by atoms with Gasteiger partial charge in [-0.1, -0.05) is 0 Å². The van der Waals surface area contributed by atoms with Crippen LogP contribution in [-0.4, -0.2) is 58.6 Å². The number of nitrogens with one attached hydrogen (secondary N) is 1. The van der Waals surface area contributed by atoms with E-state index in [0.717, 1.165) is 18.5 Å². The van der Waals surface area contributed by atoms with Crippen molar-refractivity contribution in [2.75, 3.05) is 38.8 Å². The number of pyridine rings is 1. The van der Waals surface area contributed by atoms with Gasteiger partial charge in [0.25, 0.3) is 0 Å². The summed E-state index contributed by atoms with van der Waals surface area (Å²) < 4.78 is 27.9. The molecule has 0 aliphatic rings. The van der Waals surface area contributed by atoms with Crippen molar-refractivity contribution in [3.63, 3.8) is 0 Å². The van der Waals surface area contributed by atoms with Crippen molar-refractivity contribution in [2.45, 2.75) is 13.0 Å². The number of methoxy groups -OCH3 is 2. The minimum Gasteiger partial charge on any atom is -0.497 e. The number of halogens is 1. The monoisotopic (exact) mass is 507 g/mol. The summed E-state index contributed by atoms with van der Waals surface area (Å²) in [6, 6.07) is 6.66. The zero-order valence-corrected chi connectivity index (χ0v) is 20.8. The first-order chi connectivity index (χ1) is 18.1. The predicted molar refractivity (Wildman–Crippen MR) is 140 cm³/mol. The molecular formula is C25H30FN9O2. The molecule has 0 radical (unpaired) electrons. The third-order valence-corrected chi connectivity index (χ3v) is 5.62. The van der Waals surface area contributed by atoms with Gasteiger partial charge < -0.3 is 31.2 Å². The summed E-state index contributed by atoms with van der Waals surface area (Å²) in [5, 5.41) is 7.43. The Hall–Kier alpha value is -4.45. The molecule has 0 atom stereocenters. The number of aryl methyl sites for hydroxylation is 1. The first-order valence-electron chi connectivity index (χ1n) is 11.7. The summed E-state index contributed by atoms with van der Waals surface area (Å²) in [7, 11) is 2.92. The van der Waals surface area contributed by atoms with Crippen molar-refractivity contribution in [1.29, 1.82) is 0 Å². The van der Waals surface area contributed by atoms with Gasteiger partial charge in [-0.2, -0.15) is 5.10 Å². The second-order valence-electron chi connectivity index (χ2n) is 8.03. The lowest BCUT2D eigenvalue weighted by Crippen LogP contribution is -2.28. The lowest BCUT2D eigenvalue weighted by atomic mass is 10.2. The normalized spacial score (nSPS) is 11.2. The molecule has 0 saturated carbocycles. The molecule has 3 aromatic heterocycles. The molecule has 0 amide bonds. The van der Waals surface area contributed by atoms with E-state index in [-0.39, 0.29) is 11.4 Å². The standard InChI is InChI=1S/C25H30FN9O2/c1-36-18-12-21(24(26)22(13-18)37-2)35(11-9-29-8-7-28)23-5-4-19-25(33-23)32-20(15-30-19)17-14-31-34(16-17)10-3-6-27/h4-5,7-8,12-16,29H,3,6,9-11,27-28H2,1-2H3/b8-7-. The van der Waals surface area contributed by atoms with Crippen molar-refractivity contribution in [3.05, 3.63) is 61.1 Å². The van der Waals surface area contributed by atoms with Crippen LogP contribution in [0.1, 0.15) is 6.42 Å². The van der Waals surface area contributed by atoms with Crippen LogP contribution in [0.25, 0.3) is 22.4 Å².